The number of nitrogens with two attached hydrogens (primary N) is 1. The molecular formula is C18H28N2O3. The maximum atomic E-state index is 11.9. The molecule has 2 rings (SSSR count). The van der Waals surface area contributed by atoms with Gasteiger partial charge in [0.05, 0.1) is 12.5 Å². The van der Waals surface area contributed by atoms with Gasteiger partial charge in [-0.1, -0.05) is 19.1 Å². The number of benzene rings is 1. The van der Waals surface area contributed by atoms with Gasteiger partial charge in [0.15, 0.2) is 0 Å². The molecule has 2 unspecified atom stereocenters. The lowest BCUT2D eigenvalue weighted by Crippen LogP contribution is -2.50. The van der Waals surface area contributed by atoms with Crippen molar-refractivity contribution in [2.45, 2.75) is 38.6 Å². The van der Waals surface area contributed by atoms with Crippen molar-refractivity contribution >= 4 is 5.91 Å². The summed E-state index contributed by atoms with van der Waals surface area (Å²) in [5.74, 6) is 0.958. The van der Waals surface area contributed by atoms with Crippen LogP contribution in [0.25, 0.3) is 0 Å². The molecule has 5 nitrogen and oxygen atoms in total. The molecule has 1 fully saturated rings. The number of carbonyl (C=O) groups excluding carboxylic acids is 1. The number of methoxy groups -OCH3 is 1. The average Bonchev–Trinajstić information content (AvgIpc) is 2.59. The normalized spacial score (nSPS) is 19.8. The molecule has 0 saturated carbocycles. The van der Waals surface area contributed by atoms with Crippen LogP contribution >= 0.6 is 0 Å². The Hall–Kier alpha value is -1.59. The minimum absolute atomic E-state index is 0.224. The molecule has 1 aromatic rings. The van der Waals surface area contributed by atoms with E-state index in [1.54, 1.807) is 7.11 Å². The summed E-state index contributed by atoms with van der Waals surface area (Å²) in [6.45, 7) is 6.14. The van der Waals surface area contributed by atoms with Crippen molar-refractivity contribution in [1.82, 2.24) is 5.32 Å². The maximum Gasteiger partial charge on any atom is 0.225 e. The lowest BCUT2D eigenvalue weighted by atomic mass is 9.79. The van der Waals surface area contributed by atoms with Crippen molar-refractivity contribution in [3.8, 4) is 5.75 Å². The van der Waals surface area contributed by atoms with Gasteiger partial charge < -0.3 is 20.5 Å². The molecule has 0 aromatic heterocycles. The average molecular weight is 320 g/mol. The number of hydrogen-bond acceptors (Lipinski definition) is 4. The molecule has 1 aliphatic heterocycles. The Balaban J connectivity index is 1.96. The van der Waals surface area contributed by atoms with Crippen molar-refractivity contribution in [3.05, 3.63) is 29.8 Å². The van der Waals surface area contributed by atoms with Gasteiger partial charge in [0, 0.05) is 25.8 Å². The van der Waals surface area contributed by atoms with Gasteiger partial charge in [0.2, 0.25) is 5.91 Å². The fourth-order valence-electron chi connectivity index (χ4n) is 3.00. The van der Waals surface area contributed by atoms with Crippen molar-refractivity contribution < 1.29 is 14.3 Å². The molecule has 5 heteroatoms. The standard InChI is InChI=1S/C18H28N2O3/c1-13(15-4-6-16(22-3)7-5-15)14(2)20-12-18(17(19)21)8-10-23-11-9-18/h4-7,13-14,20H,8-12H2,1-3H3,(H2,19,21). The lowest BCUT2D eigenvalue weighted by molar-refractivity contribution is -0.133. The van der Waals surface area contributed by atoms with E-state index in [4.69, 9.17) is 15.2 Å². The van der Waals surface area contributed by atoms with Crippen LogP contribution < -0.4 is 15.8 Å². The first-order valence-electron chi connectivity index (χ1n) is 8.23. The first-order valence-corrected chi connectivity index (χ1v) is 8.23. The van der Waals surface area contributed by atoms with Crippen LogP contribution in [0.1, 0.15) is 38.2 Å². The third-order valence-corrected chi connectivity index (χ3v) is 5.13. The summed E-state index contributed by atoms with van der Waals surface area (Å²) in [7, 11) is 1.67. The topological polar surface area (TPSA) is 73.6 Å². The summed E-state index contributed by atoms with van der Waals surface area (Å²) in [4.78, 5) is 11.9. The SMILES string of the molecule is COc1ccc(C(C)C(C)NCC2(C(N)=O)CCOCC2)cc1. The number of primary amides is 1. The number of ether oxygens (including phenoxy) is 2. The Kier molecular flexibility index (Phi) is 6.02. The van der Waals surface area contributed by atoms with E-state index in [2.05, 4.69) is 31.3 Å². The number of hydrogen-bond donors (Lipinski definition) is 2. The van der Waals surface area contributed by atoms with Gasteiger partial charge in [-0.05, 0) is 43.4 Å². The number of carbonyl (C=O) groups is 1. The molecule has 1 amide bonds. The van der Waals surface area contributed by atoms with Crippen molar-refractivity contribution in [2.75, 3.05) is 26.9 Å². The third kappa shape index (κ3) is 4.24. The summed E-state index contributed by atoms with van der Waals surface area (Å²) in [6.07, 6.45) is 1.39. The number of amides is 1. The first-order chi connectivity index (χ1) is 11.0. The van der Waals surface area contributed by atoms with Crippen LogP contribution in [0.15, 0.2) is 24.3 Å². The zero-order valence-corrected chi connectivity index (χ0v) is 14.3. The lowest BCUT2D eigenvalue weighted by Gasteiger charge is -2.36. The van der Waals surface area contributed by atoms with Gasteiger partial charge in [0.1, 0.15) is 5.75 Å². The van der Waals surface area contributed by atoms with E-state index >= 15 is 0 Å². The molecule has 0 spiro atoms. The summed E-state index contributed by atoms with van der Waals surface area (Å²) in [6, 6.07) is 8.35. The second-order valence-electron chi connectivity index (χ2n) is 6.49. The van der Waals surface area contributed by atoms with Crippen molar-refractivity contribution in [1.29, 1.82) is 0 Å². The highest BCUT2D eigenvalue weighted by atomic mass is 16.5. The molecule has 1 saturated heterocycles. The van der Waals surface area contributed by atoms with E-state index in [0.29, 0.717) is 38.5 Å². The smallest absolute Gasteiger partial charge is 0.225 e. The van der Waals surface area contributed by atoms with E-state index in [9.17, 15) is 4.79 Å². The van der Waals surface area contributed by atoms with Crippen molar-refractivity contribution in [2.24, 2.45) is 11.1 Å². The van der Waals surface area contributed by atoms with E-state index in [1.807, 2.05) is 12.1 Å². The maximum absolute atomic E-state index is 11.9. The van der Waals surface area contributed by atoms with Gasteiger partial charge in [-0.2, -0.15) is 0 Å². The van der Waals surface area contributed by atoms with Gasteiger partial charge >= 0.3 is 0 Å². The first kappa shape index (κ1) is 17.8. The molecule has 0 bridgehead atoms. The third-order valence-electron chi connectivity index (χ3n) is 5.13. The molecule has 1 aromatic carbocycles. The molecular weight excluding hydrogens is 292 g/mol. The number of rotatable bonds is 7. The number of nitrogens with one attached hydrogen (secondary N) is 1. The second kappa shape index (κ2) is 7.79. The highest BCUT2D eigenvalue weighted by molar-refractivity contribution is 5.81. The van der Waals surface area contributed by atoms with Crippen LogP contribution in [0.3, 0.4) is 0 Å². The minimum Gasteiger partial charge on any atom is -0.497 e. The van der Waals surface area contributed by atoms with Crippen LogP contribution in [0.2, 0.25) is 0 Å². The Morgan fingerprint density at radius 3 is 2.43 bits per heavy atom. The second-order valence-corrected chi connectivity index (χ2v) is 6.49. The van der Waals surface area contributed by atoms with E-state index < -0.39 is 5.41 Å². The Bertz CT molecular complexity index is 510. The van der Waals surface area contributed by atoms with Crippen molar-refractivity contribution in [3.63, 3.8) is 0 Å². The zero-order valence-electron chi connectivity index (χ0n) is 14.3. The van der Waals surface area contributed by atoms with E-state index in [1.165, 1.54) is 5.56 Å². The van der Waals surface area contributed by atoms with Gasteiger partial charge in [-0.15, -0.1) is 0 Å². The molecule has 3 N–H and O–H groups in total. The summed E-state index contributed by atoms with van der Waals surface area (Å²) in [5.41, 5.74) is 6.42. The van der Waals surface area contributed by atoms with Gasteiger partial charge in [-0.3, -0.25) is 4.79 Å². The predicted octanol–water partition coefficient (Wildman–Crippen LogP) is 2.06. The summed E-state index contributed by atoms with van der Waals surface area (Å²) in [5, 5.41) is 3.51. The fourth-order valence-corrected chi connectivity index (χ4v) is 3.00. The monoisotopic (exact) mass is 320 g/mol. The predicted molar refractivity (Wildman–Crippen MR) is 90.6 cm³/mol. The molecule has 0 radical (unpaired) electrons. The molecule has 2 atom stereocenters. The molecule has 23 heavy (non-hydrogen) atoms. The quantitative estimate of drug-likeness (QED) is 0.806. The molecule has 1 heterocycles. The molecule has 0 aliphatic carbocycles. The van der Waals surface area contributed by atoms with Crippen LogP contribution in [0.4, 0.5) is 0 Å². The summed E-state index contributed by atoms with van der Waals surface area (Å²) < 4.78 is 10.6. The molecule has 128 valence electrons. The largest absolute Gasteiger partial charge is 0.497 e. The highest BCUT2D eigenvalue weighted by Gasteiger charge is 2.38. The van der Waals surface area contributed by atoms with Crippen LogP contribution in [-0.2, 0) is 9.53 Å². The van der Waals surface area contributed by atoms with Crippen LogP contribution in [0.5, 0.6) is 5.75 Å². The van der Waals surface area contributed by atoms with E-state index in [-0.39, 0.29) is 11.9 Å². The van der Waals surface area contributed by atoms with Crippen LogP contribution in [0, 0.1) is 5.41 Å². The van der Waals surface area contributed by atoms with Gasteiger partial charge in [-0.25, -0.2) is 0 Å². The van der Waals surface area contributed by atoms with E-state index in [0.717, 1.165) is 5.75 Å². The Morgan fingerprint density at radius 1 is 1.30 bits per heavy atom. The Labute approximate surface area is 138 Å². The summed E-state index contributed by atoms with van der Waals surface area (Å²) >= 11 is 0. The highest BCUT2D eigenvalue weighted by Crippen LogP contribution is 2.30. The Morgan fingerprint density at radius 2 is 1.91 bits per heavy atom. The molecule has 1 aliphatic rings. The van der Waals surface area contributed by atoms with Crippen LogP contribution in [-0.4, -0.2) is 38.8 Å². The minimum atomic E-state index is -0.480. The fraction of sp³-hybridized carbons (Fsp3) is 0.611. The van der Waals surface area contributed by atoms with Gasteiger partial charge in [0.25, 0.3) is 0 Å². The zero-order chi connectivity index (χ0) is 16.9.